The highest BCUT2D eigenvalue weighted by atomic mass is 32.1. The van der Waals surface area contributed by atoms with Crippen molar-refractivity contribution in [2.75, 3.05) is 13.1 Å². The molecule has 1 aliphatic rings. The molecule has 0 spiro atoms. The maximum Gasteiger partial charge on any atom is 0.243 e. The normalized spacial score (nSPS) is 18.5. The Labute approximate surface area is 262 Å². The number of aromatic nitrogens is 4. The second kappa shape index (κ2) is 14.6. The number of hydrogen-bond acceptors (Lipinski definition) is 7. The third kappa shape index (κ3) is 8.07. The first-order valence-electron chi connectivity index (χ1n) is 15.5. The molecule has 0 bridgehead atoms. The van der Waals surface area contributed by atoms with Crippen molar-refractivity contribution in [3.63, 3.8) is 0 Å². The van der Waals surface area contributed by atoms with Gasteiger partial charge in [0.15, 0.2) is 5.82 Å². The molecule has 5 rings (SSSR count). The molecule has 0 unspecified atom stereocenters. The number of para-hydroxylation sites is 1. The van der Waals surface area contributed by atoms with Gasteiger partial charge in [0.25, 0.3) is 0 Å². The molecule has 2 atom stereocenters. The molecule has 0 fully saturated rings. The predicted molar refractivity (Wildman–Crippen MR) is 172 cm³/mol. The molecule has 232 valence electrons. The highest BCUT2D eigenvalue weighted by molar-refractivity contribution is 7.18. The minimum absolute atomic E-state index is 0.0441. The molecule has 10 nitrogen and oxygen atoms in total. The largest absolute Gasteiger partial charge is 0.345 e. The van der Waals surface area contributed by atoms with Crippen LogP contribution in [0, 0.1) is 5.92 Å². The molecule has 0 radical (unpaired) electrons. The molecular formula is C33H41N7O3S. The lowest BCUT2D eigenvalue weighted by Crippen LogP contribution is -2.48. The average Bonchev–Trinajstić information content (AvgIpc) is 3.62. The monoisotopic (exact) mass is 615 g/mol. The third-order valence-corrected chi connectivity index (χ3v) is 8.82. The van der Waals surface area contributed by atoms with E-state index in [0.717, 1.165) is 27.2 Å². The first kappa shape index (κ1) is 31.3. The topological polar surface area (TPSA) is 122 Å². The van der Waals surface area contributed by atoms with E-state index in [-0.39, 0.29) is 30.1 Å². The number of fused-ring (bicyclic) bond motifs is 2. The summed E-state index contributed by atoms with van der Waals surface area (Å²) in [6.07, 6.45) is 3.09. The maximum atomic E-state index is 13.5. The van der Waals surface area contributed by atoms with Gasteiger partial charge in [-0.2, -0.15) is 5.10 Å². The van der Waals surface area contributed by atoms with Crippen molar-refractivity contribution in [2.45, 2.75) is 77.9 Å². The lowest BCUT2D eigenvalue weighted by Gasteiger charge is -2.26. The van der Waals surface area contributed by atoms with Crippen LogP contribution in [0.3, 0.4) is 0 Å². The van der Waals surface area contributed by atoms with Crippen LogP contribution in [0.1, 0.15) is 69.7 Å². The van der Waals surface area contributed by atoms with Crippen LogP contribution in [0.4, 0.5) is 0 Å². The Kier molecular flexibility index (Phi) is 10.4. The van der Waals surface area contributed by atoms with E-state index in [1.807, 2.05) is 74.2 Å². The first-order chi connectivity index (χ1) is 21.3. The van der Waals surface area contributed by atoms with E-state index in [0.29, 0.717) is 57.0 Å². The van der Waals surface area contributed by atoms with Gasteiger partial charge in [-0.3, -0.25) is 14.4 Å². The van der Waals surface area contributed by atoms with Gasteiger partial charge in [-0.05, 0) is 50.7 Å². The van der Waals surface area contributed by atoms with Gasteiger partial charge in [0.1, 0.15) is 11.9 Å². The summed E-state index contributed by atoms with van der Waals surface area (Å²) in [5.41, 5.74) is 1.86. The van der Waals surface area contributed by atoms with E-state index in [1.54, 1.807) is 16.0 Å². The van der Waals surface area contributed by atoms with Gasteiger partial charge in [-0.1, -0.05) is 56.3 Å². The minimum atomic E-state index is -0.655. The Morgan fingerprint density at radius 2 is 1.77 bits per heavy atom. The van der Waals surface area contributed by atoms with E-state index in [2.05, 4.69) is 16.7 Å². The molecule has 11 heteroatoms. The zero-order valence-electron chi connectivity index (χ0n) is 25.7. The molecule has 0 saturated heterocycles. The van der Waals surface area contributed by atoms with Crippen molar-refractivity contribution in [1.82, 2.24) is 35.3 Å². The molecule has 4 aromatic rings. The number of aryl methyl sites for hydroxylation is 1. The van der Waals surface area contributed by atoms with E-state index >= 15 is 0 Å². The highest BCUT2D eigenvalue weighted by Crippen LogP contribution is 2.23. The molecule has 3 amide bonds. The second-order valence-electron chi connectivity index (χ2n) is 11.8. The Bertz CT molecular complexity index is 1550. The van der Waals surface area contributed by atoms with E-state index < -0.39 is 12.1 Å². The van der Waals surface area contributed by atoms with Crippen molar-refractivity contribution in [2.24, 2.45) is 5.92 Å². The van der Waals surface area contributed by atoms with Gasteiger partial charge in [0.2, 0.25) is 17.7 Å². The predicted octanol–water partition coefficient (Wildman–Crippen LogP) is 4.91. The molecule has 1 aliphatic heterocycles. The van der Waals surface area contributed by atoms with Crippen molar-refractivity contribution in [3.05, 3.63) is 65.4 Å². The van der Waals surface area contributed by atoms with Crippen LogP contribution in [0.5, 0.6) is 0 Å². The second-order valence-corrected chi connectivity index (χ2v) is 12.9. The zero-order chi connectivity index (χ0) is 31.1. The standard InChI is InChI=1S/C33H41N7O3S/c1-22(2)21-26-33(43)34-23(3)32-37-31(24-11-5-4-6-12-24)38-40(32)20-19-39(18-10-15-28(41)35-26)30(42)17-9-16-29-36-25-13-7-8-14-27(25)44-29/h4-8,11-14,22-23,26H,9-10,15-21H2,1-3H3,(H,34,43)(H,35,41)/t23-,26-/m1/s1. The van der Waals surface area contributed by atoms with Gasteiger partial charge >= 0.3 is 0 Å². The lowest BCUT2D eigenvalue weighted by atomic mass is 10.0. The number of nitrogens with zero attached hydrogens (tertiary/aromatic N) is 5. The fourth-order valence-corrected chi connectivity index (χ4v) is 6.49. The summed E-state index contributed by atoms with van der Waals surface area (Å²) in [6.45, 7) is 7.20. The lowest BCUT2D eigenvalue weighted by molar-refractivity contribution is -0.132. The quantitative estimate of drug-likeness (QED) is 0.305. The zero-order valence-corrected chi connectivity index (χ0v) is 26.5. The maximum absolute atomic E-state index is 13.5. The van der Waals surface area contributed by atoms with Crippen LogP contribution in [0.25, 0.3) is 21.6 Å². The summed E-state index contributed by atoms with van der Waals surface area (Å²) < 4.78 is 2.96. The summed E-state index contributed by atoms with van der Waals surface area (Å²) in [5, 5.41) is 11.8. The molecule has 0 saturated carbocycles. The highest BCUT2D eigenvalue weighted by Gasteiger charge is 2.27. The van der Waals surface area contributed by atoms with Gasteiger partial charge in [0.05, 0.1) is 27.8 Å². The first-order valence-corrected chi connectivity index (χ1v) is 16.3. The number of amides is 3. The SMILES string of the molecule is CC(C)C[C@H]1NC(=O)CCCN(C(=O)CCCc2nc3ccccc3s2)CCn2nc(-c3ccccc3)nc2[C@@H](C)NC1=O. The number of carbonyl (C=O) groups is 3. The number of nitrogens with one attached hydrogen (secondary N) is 2. The number of rotatable bonds is 7. The number of hydrogen-bond donors (Lipinski definition) is 2. The van der Waals surface area contributed by atoms with Crippen LogP contribution in [0.15, 0.2) is 54.6 Å². The average molecular weight is 616 g/mol. The summed E-state index contributed by atoms with van der Waals surface area (Å²) in [7, 11) is 0. The Balaban J connectivity index is 1.34. The summed E-state index contributed by atoms with van der Waals surface area (Å²) in [5.74, 6) is 0.997. The van der Waals surface area contributed by atoms with Crippen molar-refractivity contribution >= 4 is 39.3 Å². The molecule has 44 heavy (non-hydrogen) atoms. The number of thiazole rings is 1. The Morgan fingerprint density at radius 3 is 2.55 bits per heavy atom. The molecule has 3 heterocycles. The third-order valence-electron chi connectivity index (χ3n) is 7.72. The molecular weight excluding hydrogens is 574 g/mol. The summed E-state index contributed by atoms with van der Waals surface area (Å²) in [4.78, 5) is 51.1. The Hall–Kier alpha value is -4.12. The van der Waals surface area contributed by atoms with Crippen LogP contribution in [-0.2, 0) is 27.3 Å². The van der Waals surface area contributed by atoms with Crippen LogP contribution in [-0.4, -0.2) is 61.5 Å². The van der Waals surface area contributed by atoms with Gasteiger partial charge < -0.3 is 15.5 Å². The van der Waals surface area contributed by atoms with Crippen LogP contribution < -0.4 is 10.6 Å². The fraction of sp³-hybridized carbons (Fsp3) is 0.455. The minimum Gasteiger partial charge on any atom is -0.345 e. The molecule has 2 aromatic heterocycles. The van der Waals surface area contributed by atoms with Crippen LogP contribution >= 0.6 is 11.3 Å². The van der Waals surface area contributed by atoms with Gasteiger partial charge in [-0.15, -0.1) is 11.3 Å². The fourth-order valence-electron chi connectivity index (χ4n) is 5.48. The smallest absolute Gasteiger partial charge is 0.243 e. The molecule has 0 aliphatic carbocycles. The number of benzene rings is 2. The Morgan fingerprint density at radius 1 is 1.00 bits per heavy atom. The van der Waals surface area contributed by atoms with Gasteiger partial charge in [0, 0.05) is 31.5 Å². The number of carbonyl (C=O) groups excluding carboxylic acids is 3. The molecule has 2 N–H and O–H groups in total. The molecule has 2 aromatic carbocycles. The van der Waals surface area contributed by atoms with E-state index in [9.17, 15) is 14.4 Å². The van der Waals surface area contributed by atoms with E-state index in [4.69, 9.17) is 15.1 Å². The summed E-state index contributed by atoms with van der Waals surface area (Å²) in [6, 6.07) is 16.7. The van der Waals surface area contributed by atoms with Crippen LogP contribution in [0.2, 0.25) is 0 Å². The van der Waals surface area contributed by atoms with Crippen molar-refractivity contribution in [3.8, 4) is 11.4 Å². The van der Waals surface area contributed by atoms with E-state index in [1.165, 1.54) is 0 Å². The van der Waals surface area contributed by atoms with Crippen molar-refractivity contribution in [1.29, 1.82) is 0 Å². The summed E-state index contributed by atoms with van der Waals surface area (Å²) >= 11 is 1.67. The van der Waals surface area contributed by atoms with Gasteiger partial charge in [-0.25, -0.2) is 14.6 Å². The van der Waals surface area contributed by atoms with Crippen molar-refractivity contribution < 1.29 is 14.4 Å².